The van der Waals surface area contributed by atoms with E-state index in [2.05, 4.69) is 47.6 Å². The third kappa shape index (κ3) is 2.60. The molecular weight excluding hydrogens is 255 g/mol. The Bertz CT molecular complexity index is 345. The number of nitrogens with one attached hydrogen (secondary N) is 1. The molecular formula is C13H20Cl2N2. The van der Waals surface area contributed by atoms with Crippen LogP contribution in [-0.2, 0) is 0 Å². The Morgan fingerprint density at radius 3 is 2.53 bits per heavy atom. The van der Waals surface area contributed by atoms with Gasteiger partial charge in [-0.1, -0.05) is 30.3 Å². The molecule has 0 bridgehead atoms. The van der Waals surface area contributed by atoms with E-state index in [1.807, 2.05) is 0 Å². The summed E-state index contributed by atoms with van der Waals surface area (Å²) in [7, 11) is 2.26. The van der Waals surface area contributed by atoms with Gasteiger partial charge in [0.05, 0.1) is 0 Å². The number of rotatable bonds is 1. The highest BCUT2D eigenvalue weighted by atomic mass is 35.5. The van der Waals surface area contributed by atoms with Crippen molar-refractivity contribution in [1.82, 2.24) is 10.2 Å². The van der Waals surface area contributed by atoms with Crippen molar-refractivity contribution >= 4 is 24.8 Å². The van der Waals surface area contributed by atoms with Crippen molar-refractivity contribution < 1.29 is 0 Å². The molecule has 0 aliphatic carbocycles. The van der Waals surface area contributed by atoms with E-state index in [9.17, 15) is 0 Å². The lowest BCUT2D eigenvalue weighted by Gasteiger charge is -2.24. The average molecular weight is 275 g/mol. The van der Waals surface area contributed by atoms with Gasteiger partial charge in [0.25, 0.3) is 0 Å². The number of fused-ring (bicyclic) bond motifs is 1. The maximum Gasteiger partial charge on any atom is 0.0389 e. The van der Waals surface area contributed by atoms with Crippen LogP contribution in [-0.4, -0.2) is 31.6 Å². The summed E-state index contributed by atoms with van der Waals surface area (Å²) >= 11 is 0. The van der Waals surface area contributed by atoms with Crippen LogP contribution in [0.5, 0.6) is 0 Å². The Balaban J connectivity index is 0.000000722. The molecule has 4 heteroatoms. The summed E-state index contributed by atoms with van der Waals surface area (Å²) in [6.07, 6.45) is 0. The third-order valence-corrected chi connectivity index (χ3v) is 3.94. The summed E-state index contributed by atoms with van der Waals surface area (Å²) in [6.45, 7) is 3.64. The highest BCUT2D eigenvalue weighted by Crippen LogP contribution is 2.41. The van der Waals surface area contributed by atoms with Crippen molar-refractivity contribution in [2.24, 2.45) is 11.8 Å². The molecule has 0 saturated carbocycles. The fraction of sp³-hybridized carbons (Fsp3) is 0.538. The third-order valence-electron chi connectivity index (χ3n) is 3.94. The second-order valence-corrected chi connectivity index (χ2v) is 4.88. The van der Waals surface area contributed by atoms with Crippen LogP contribution in [0, 0.1) is 11.8 Å². The first-order valence-electron chi connectivity index (χ1n) is 5.82. The average Bonchev–Trinajstić information content (AvgIpc) is 2.78. The highest BCUT2D eigenvalue weighted by Gasteiger charge is 2.42. The van der Waals surface area contributed by atoms with Crippen molar-refractivity contribution in [2.75, 3.05) is 26.7 Å². The molecule has 0 amide bonds. The van der Waals surface area contributed by atoms with E-state index < -0.39 is 0 Å². The summed E-state index contributed by atoms with van der Waals surface area (Å²) in [4.78, 5) is 2.52. The van der Waals surface area contributed by atoms with E-state index in [0.29, 0.717) is 6.04 Å². The number of hydrogen-bond donors (Lipinski definition) is 1. The molecule has 3 rings (SSSR count). The first kappa shape index (κ1) is 14.8. The van der Waals surface area contributed by atoms with Gasteiger partial charge in [0.15, 0.2) is 0 Å². The van der Waals surface area contributed by atoms with Gasteiger partial charge >= 0.3 is 0 Å². The van der Waals surface area contributed by atoms with E-state index in [1.165, 1.54) is 25.2 Å². The zero-order chi connectivity index (χ0) is 10.3. The summed E-state index contributed by atoms with van der Waals surface area (Å²) in [5, 5.41) is 3.52. The fourth-order valence-electron chi connectivity index (χ4n) is 3.29. The van der Waals surface area contributed by atoms with Crippen LogP contribution in [0.25, 0.3) is 0 Å². The molecule has 0 unspecified atom stereocenters. The van der Waals surface area contributed by atoms with Crippen LogP contribution in [0.1, 0.15) is 11.6 Å². The van der Waals surface area contributed by atoms with Crippen LogP contribution >= 0.6 is 24.8 Å². The first-order chi connectivity index (χ1) is 7.36. The summed E-state index contributed by atoms with van der Waals surface area (Å²) < 4.78 is 0. The van der Waals surface area contributed by atoms with Gasteiger partial charge in [-0.25, -0.2) is 0 Å². The Hall–Kier alpha value is -0.280. The lowest BCUT2D eigenvalue weighted by molar-refractivity contribution is 0.276. The molecule has 1 aromatic carbocycles. The predicted molar refractivity (Wildman–Crippen MR) is 76.2 cm³/mol. The minimum absolute atomic E-state index is 0. The molecule has 0 aromatic heterocycles. The zero-order valence-electron chi connectivity index (χ0n) is 10.0. The molecule has 17 heavy (non-hydrogen) atoms. The molecule has 0 radical (unpaired) electrons. The number of benzene rings is 1. The van der Waals surface area contributed by atoms with Crippen molar-refractivity contribution in [1.29, 1.82) is 0 Å². The van der Waals surface area contributed by atoms with Gasteiger partial charge in [-0.05, 0) is 31.0 Å². The summed E-state index contributed by atoms with van der Waals surface area (Å²) in [6, 6.07) is 11.6. The minimum Gasteiger partial charge on any atom is -0.316 e. The molecule has 1 aromatic rings. The summed E-state index contributed by atoms with van der Waals surface area (Å²) in [5.74, 6) is 1.68. The second kappa shape index (κ2) is 6.05. The van der Waals surface area contributed by atoms with Crippen LogP contribution in [0.4, 0.5) is 0 Å². The van der Waals surface area contributed by atoms with E-state index in [0.717, 1.165) is 11.8 Å². The Morgan fingerprint density at radius 1 is 1.12 bits per heavy atom. The normalized spacial score (nSPS) is 31.5. The van der Waals surface area contributed by atoms with Gasteiger partial charge < -0.3 is 5.32 Å². The molecule has 3 atom stereocenters. The quantitative estimate of drug-likeness (QED) is 0.846. The van der Waals surface area contributed by atoms with E-state index in [1.54, 1.807) is 0 Å². The lowest BCUT2D eigenvalue weighted by atomic mass is 9.90. The fourth-order valence-corrected chi connectivity index (χ4v) is 3.29. The molecule has 1 N–H and O–H groups in total. The maximum atomic E-state index is 3.52. The second-order valence-electron chi connectivity index (χ2n) is 4.88. The zero-order valence-corrected chi connectivity index (χ0v) is 11.6. The topological polar surface area (TPSA) is 15.3 Å². The molecule has 96 valence electrons. The van der Waals surface area contributed by atoms with E-state index >= 15 is 0 Å². The van der Waals surface area contributed by atoms with Crippen molar-refractivity contribution in [3.63, 3.8) is 0 Å². The molecule has 2 aliphatic heterocycles. The van der Waals surface area contributed by atoms with Crippen LogP contribution < -0.4 is 5.32 Å². The van der Waals surface area contributed by atoms with Gasteiger partial charge in [0, 0.05) is 19.1 Å². The molecule has 2 fully saturated rings. The number of nitrogens with zero attached hydrogens (tertiary/aromatic N) is 1. The van der Waals surface area contributed by atoms with Crippen LogP contribution in [0.2, 0.25) is 0 Å². The smallest absolute Gasteiger partial charge is 0.0389 e. The van der Waals surface area contributed by atoms with Crippen molar-refractivity contribution in [2.45, 2.75) is 6.04 Å². The minimum atomic E-state index is 0. The Labute approximate surface area is 116 Å². The standard InChI is InChI=1S/C13H18N2.2ClH/c1-15-9-11-7-14-8-12(11)13(15)10-5-3-2-4-6-10;;/h2-6,11-14H,7-9H2,1H3;2*1H/t11-,12-,13+;;/m1../s1. The molecule has 2 heterocycles. The Morgan fingerprint density at radius 2 is 1.82 bits per heavy atom. The largest absolute Gasteiger partial charge is 0.316 e. The molecule has 2 aliphatic rings. The monoisotopic (exact) mass is 274 g/mol. The van der Waals surface area contributed by atoms with Gasteiger partial charge in [-0.15, -0.1) is 24.8 Å². The number of halogens is 2. The van der Waals surface area contributed by atoms with Gasteiger partial charge in [0.2, 0.25) is 0 Å². The first-order valence-corrected chi connectivity index (χ1v) is 5.82. The SMILES string of the molecule is CN1C[C@H]2CNC[C@H]2[C@@H]1c1ccccc1.Cl.Cl. The van der Waals surface area contributed by atoms with Gasteiger partial charge in [-0.3, -0.25) is 4.90 Å². The van der Waals surface area contributed by atoms with E-state index in [4.69, 9.17) is 0 Å². The summed E-state index contributed by atoms with van der Waals surface area (Å²) in [5.41, 5.74) is 1.48. The molecule has 0 spiro atoms. The Kier molecular flexibility index (Phi) is 5.26. The van der Waals surface area contributed by atoms with Crippen molar-refractivity contribution in [3.8, 4) is 0 Å². The van der Waals surface area contributed by atoms with E-state index in [-0.39, 0.29) is 24.8 Å². The highest BCUT2D eigenvalue weighted by molar-refractivity contribution is 5.85. The van der Waals surface area contributed by atoms with Crippen molar-refractivity contribution in [3.05, 3.63) is 35.9 Å². The van der Waals surface area contributed by atoms with Crippen LogP contribution in [0.3, 0.4) is 0 Å². The lowest BCUT2D eigenvalue weighted by Crippen LogP contribution is -2.25. The molecule has 2 saturated heterocycles. The van der Waals surface area contributed by atoms with Crippen LogP contribution in [0.15, 0.2) is 30.3 Å². The van der Waals surface area contributed by atoms with Gasteiger partial charge in [0.1, 0.15) is 0 Å². The molecule has 2 nitrogen and oxygen atoms in total. The predicted octanol–water partition coefficient (Wildman–Crippen LogP) is 2.35. The number of hydrogen-bond acceptors (Lipinski definition) is 2. The van der Waals surface area contributed by atoms with Gasteiger partial charge in [-0.2, -0.15) is 0 Å². The maximum absolute atomic E-state index is 3.52. The number of likely N-dealkylation sites (tertiary alicyclic amines) is 1.